The van der Waals surface area contributed by atoms with Gasteiger partial charge in [-0.3, -0.25) is 4.79 Å². The predicted molar refractivity (Wildman–Crippen MR) is 64.5 cm³/mol. The van der Waals surface area contributed by atoms with Crippen LogP contribution >= 0.6 is 0 Å². The van der Waals surface area contributed by atoms with E-state index in [1.54, 1.807) is 20.8 Å². The summed E-state index contributed by atoms with van der Waals surface area (Å²) in [6, 6.07) is 0. The Morgan fingerprint density at radius 3 is 1.89 bits per heavy atom. The molecule has 114 valence electrons. The molecule has 0 rings (SSSR count). The molecule has 0 atom stereocenters. The second-order valence-corrected chi connectivity index (χ2v) is 5.79. The summed E-state index contributed by atoms with van der Waals surface area (Å²) in [4.78, 5) is 11.3. The Kier molecular flexibility index (Phi) is 6.29. The highest BCUT2D eigenvalue weighted by Crippen LogP contribution is 2.37. The molecule has 6 heteroatoms. The number of hydrogen-bond donors (Lipinski definition) is 0. The minimum absolute atomic E-state index is 0.0243. The molecule has 0 aromatic heterocycles. The van der Waals surface area contributed by atoms with Gasteiger partial charge in [-0.25, -0.2) is 8.78 Å². The number of hydrogen-bond acceptors (Lipinski definition) is 2. The first kappa shape index (κ1) is 18.2. The average molecular weight is 286 g/mol. The lowest BCUT2D eigenvalue weighted by molar-refractivity contribution is -0.201. The van der Waals surface area contributed by atoms with E-state index >= 15 is 0 Å². The molecule has 0 bridgehead atoms. The van der Waals surface area contributed by atoms with Crippen LogP contribution in [0.1, 0.15) is 53.4 Å². The van der Waals surface area contributed by atoms with Crippen LogP contribution in [0.5, 0.6) is 0 Å². The number of unbranched alkanes of at least 4 members (excludes halogenated alkanes) is 2. The average Bonchev–Trinajstić information content (AvgIpc) is 2.19. The third-order valence-electron chi connectivity index (χ3n) is 2.62. The minimum Gasteiger partial charge on any atom is -0.465 e. The maximum atomic E-state index is 12.9. The molecule has 0 radical (unpaired) electrons. The summed E-state index contributed by atoms with van der Waals surface area (Å²) < 4.78 is 55.7. The van der Waals surface area contributed by atoms with Gasteiger partial charge in [0.1, 0.15) is 0 Å². The van der Waals surface area contributed by atoms with Crippen molar-refractivity contribution < 1.29 is 27.1 Å². The Balaban J connectivity index is 3.76. The van der Waals surface area contributed by atoms with Crippen molar-refractivity contribution in [3.8, 4) is 0 Å². The van der Waals surface area contributed by atoms with Crippen LogP contribution in [0.2, 0.25) is 0 Å². The molecule has 0 aliphatic rings. The zero-order chi connectivity index (χ0) is 15.3. The van der Waals surface area contributed by atoms with E-state index in [0.717, 1.165) is 0 Å². The van der Waals surface area contributed by atoms with Crippen LogP contribution < -0.4 is 0 Å². The molecule has 0 unspecified atom stereocenters. The van der Waals surface area contributed by atoms with Gasteiger partial charge in [0.25, 0.3) is 0 Å². The van der Waals surface area contributed by atoms with Crippen molar-refractivity contribution in [3.05, 3.63) is 0 Å². The van der Waals surface area contributed by atoms with Gasteiger partial charge >= 0.3 is 17.8 Å². The predicted octanol–water partition coefficient (Wildman–Crippen LogP) is 4.43. The molecule has 0 aromatic rings. The molecule has 0 amide bonds. The molecule has 0 fully saturated rings. The summed E-state index contributed by atoms with van der Waals surface area (Å²) in [6.45, 7) is 5.47. The third kappa shape index (κ3) is 6.78. The number of carbonyl (C=O) groups is 1. The van der Waals surface area contributed by atoms with Crippen molar-refractivity contribution in [2.24, 2.45) is 5.41 Å². The number of ether oxygens (including phenoxy) is 1. The standard InChI is InChI=1S/C13H22F4O2/c1-11(2,3)10(18)19-9-7-5-6-8-13(16,17)12(4,14)15/h5-9H2,1-4H3. The first-order valence-electron chi connectivity index (χ1n) is 6.31. The van der Waals surface area contributed by atoms with Crippen LogP contribution in [0.4, 0.5) is 17.6 Å². The van der Waals surface area contributed by atoms with Gasteiger partial charge < -0.3 is 4.74 Å². The topological polar surface area (TPSA) is 26.3 Å². The van der Waals surface area contributed by atoms with Gasteiger partial charge in [0, 0.05) is 13.3 Å². The minimum atomic E-state index is -3.99. The van der Waals surface area contributed by atoms with E-state index in [1.807, 2.05) is 0 Å². The number of esters is 1. The van der Waals surface area contributed by atoms with Gasteiger partial charge in [-0.05, 0) is 40.0 Å². The second kappa shape index (κ2) is 6.57. The quantitative estimate of drug-likeness (QED) is 0.393. The van der Waals surface area contributed by atoms with E-state index in [0.29, 0.717) is 12.8 Å². The van der Waals surface area contributed by atoms with Crippen LogP contribution in [0.3, 0.4) is 0 Å². The van der Waals surface area contributed by atoms with E-state index < -0.39 is 23.7 Å². The molecule has 0 spiro atoms. The van der Waals surface area contributed by atoms with Crippen molar-refractivity contribution in [2.45, 2.75) is 65.2 Å². The number of carbonyl (C=O) groups excluding carboxylic acids is 1. The molecular formula is C13H22F4O2. The van der Waals surface area contributed by atoms with E-state index in [9.17, 15) is 22.4 Å². The van der Waals surface area contributed by atoms with Gasteiger partial charge in [0.15, 0.2) is 0 Å². The van der Waals surface area contributed by atoms with E-state index in [1.165, 1.54) is 0 Å². The van der Waals surface area contributed by atoms with E-state index in [2.05, 4.69) is 0 Å². The lowest BCUT2D eigenvalue weighted by Crippen LogP contribution is -2.37. The maximum absolute atomic E-state index is 12.9. The molecule has 0 heterocycles. The molecule has 0 saturated heterocycles. The van der Waals surface area contributed by atoms with Crippen molar-refractivity contribution in [1.82, 2.24) is 0 Å². The molecule has 19 heavy (non-hydrogen) atoms. The zero-order valence-corrected chi connectivity index (χ0v) is 11.9. The zero-order valence-electron chi connectivity index (χ0n) is 11.9. The smallest absolute Gasteiger partial charge is 0.311 e. The van der Waals surface area contributed by atoms with Crippen molar-refractivity contribution in [1.29, 1.82) is 0 Å². The lowest BCUT2D eigenvalue weighted by atomic mass is 9.97. The summed E-state index contributed by atoms with van der Waals surface area (Å²) in [7, 11) is 0. The molecule has 0 N–H and O–H groups in total. The fraction of sp³-hybridized carbons (Fsp3) is 0.923. The lowest BCUT2D eigenvalue weighted by Gasteiger charge is -2.22. The first-order valence-corrected chi connectivity index (χ1v) is 6.31. The largest absolute Gasteiger partial charge is 0.465 e. The van der Waals surface area contributed by atoms with Crippen LogP contribution in [-0.4, -0.2) is 24.4 Å². The second-order valence-electron chi connectivity index (χ2n) is 5.79. The molecule has 2 nitrogen and oxygen atoms in total. The number of alkyl halides is 4. The Morgan fingerprint density at radius 2 is 1.47 bits per heavy atom. The Morgan fingerprint density at radius 1 is 0.947 bits per heavy atom. The van der Waals surface area contributed by atoms with Gasteiger partial charge in [0.05, 0.1) is 12.0 Å². The normalized spacial score (nSPS) is 13.5. The molecule has 0 aromatic carbocycles. The summed E-state index contributed by atoms with van der Waals surface area (Å²) in [5.41, 5.74) is -0.600. The fourth-order valence-corrected chi connectivity index (χ4v) is 1.23. The fourth-order valence-electron chi connectivity index (χ4n) is 1.23. The summed E-state index contributed by atoms with van der Waals surface area (Å²) in [5, 5.41) is 0. The van der Waals surface area contributed by atoms with Crippen molar-refractivity contribution in [3.63, 3.8) is 0 Å². The van der Waals surface area contributed by atoms with Crippen molar-refractivity contribution >= 4 is 5.97 Å². The summed E-state index contributed by atoms with van der Waals surface area (Å²) >= 11 is 0. The Hall–Kier alpha value is -0.810. The van der Waals surface area contributed by atoms with Crippen LogP contribution in [0, 0.1) is 5.41 Å². The van der Waals surface area contributed by atoms with Crippen LogP contribution in [0.15, 0.2) is 0 Å². The van der Waals surface area contributed by atoms with Crippen LogP contribution in [0.25, 0.3) is 0 Å². The molecule has 0 aliphatic carbocycles. The number of halogens is 4. The van der Waals surface area contributed by atoms with Gasteiger partial charge in [-0.1, -0.05) is 0 Å². The van der Waals surface area contributed by atoms with Crippen LogP contribution in [-0.2, 0) is 9.53 Å². The summed E-state index contributed by atoms with van der Waals surface area (Å²) in [6.07, 6.45) is -0.163. The SMILES string of the molecule is CC(C)(C)C(=O)OCCCCCC(F)(F)C(C)(F)F. The Labute approximate surface area is 111 Å². The monoisotopic (exact) mass is 286 g/mol. The number of rotatable bonds is 7. The first-order chi connectivity index (χ1) is 8.38. The van der Waals surface area contributed by atoms with Gasteiger partial charge in [-0.2, -0.15) is 8.78 Å². The van der Waals surface area contributed by atoms with Gasteiger partial charge in [-0.15, -0.1) is 0 Å². The third-order valence-corrected chi connectivity index (χ3v) is 2.62. The molecule has 0 saturated carbocycles. The summed E-state index contributed by atoms with van der Waals surface area (Å²) in [5.74, 6) is -8.33. The maximum Gasteiger partial charge on any atom is 0.311 e. The highest BCUT2D eigenvalue weighted by molar-refractivity contribution is 5.75. The van der Waals surface area contributed by atoms with Gasteiger partial charge in [0.2, 0.25) is 0 Å². The van der Waals surface area contributed by atoms with E-state index in [4.69, 9.17) is 4.74 Å². The molecular weight excluding hydrogens is 264 g/mol. The Bertz CT molecular complexity index is 290. The highest BCUT2D eigenvalue weighted by Gasteiger charge is 2.51. The van der Waals surface area contributed by atoms with E-state index in [-0.39, 0.29) is 25.9 Å². The highest BCUT2D eigenvalue weighted by atomic mass is 19.3. The van der Waals surface area contributed by atoms with Crippen molar-refractivity contribution in [2.75, 3.05) is 6.61 Å². The molecule has 0 aliphatic heterocycles.